The SMILES string of the molecule is CCOc1ccc(S(=O)(=O)NCc2nccs2)cc1. The smallest absolute Gasteiger partial charge is 0.240 e. The average molecular weight is 298 g/mol. The van der Waals surface area contributed by atoms with Crippen molar-refractivity contribution in [3.05, 3.63) is 40.8 Å². The quantitative estimate of drug-likeness (QED) is 0.886. The summed E-state index contributed by atoms with van der Waals surface area (Å²) in [6, 6.07) is 6.33. The number of nitrogens with one attached hydrogen (secondary N) is 1. The van der Waals surface area contributed by atoms with E-state index < -0.39 is 10.0 Å². The van der Waals surface area contributed by atoms with Gasteiger partial charge < -0.3 is 4.74 Å². The van der Waals surface area contributed by atoms with Crippen LogP contribution < -0.4 is 9.46 Å². The third-order valence-corrected chi connectivity index (χ3v) is 4.54. The number of benzene rings is 1. The first-order valence-electron chi connectivity index (χ1n) is 5.72. The van der Waals surface area contributed by atoms with E-state index in [1.165, 1.54) is 23.5 Å². The molecule has 0 saturated carbocycles. The zero-order valence-corrected chi connectivity index (χ0v) is 12.0. The van der Waals surface area contributed by atoms with Crippen LogP contribution in [0.3, 0.4) is 0 Å². The minimum Gasteiger partial charge on any atom is -0.494 e. The summed E-state index contributed by atoms with van der Waals surface area (Å²) in [7, 11) is -3.51. The molecule has 0 aliphatic heterocycles. The van der Waals surface area contributed by atoms with Crippen LogP contribution in [0.2, 0.25) is 0 Å². The molecule has 0 atom stereocenters. The summed E-state index contributed by atoms with van der Waals surface area (Å²) in [5.74, 6) is 0.654. The molecule has 0 radical (unpaired) electrons. The molecule has 0 fully saturated rings. The first-order valence-corrected chi connectivity index (χ1v) is 8.09. The zero-order chi connectivity index (χ0) is 13.7. The molecule has 0 saturated heterocycles. The molecule has 2 aromatic rings. The number of hydrogen-bond acceptors (Lipinski definition) is 5. The predicted octanol–water partition coefficient (Wildman–Crippen LogP) is 2.02. The lowest BCUT2D eigenvalue weighted by atomic mass is 10.3. The summed E-state index contributed by atoms with van der Waals surface area (Å²) in [6.45, 7) is 2.63. The van der Waals surface area contributed by atoms with Gasteiger partial charge in [-0.15, -0.1) is 11.3 Å². The maximum atomic E-state index is 12.0. The average Bonchev–Trinajstić information content (AvgIpc) is 2.91. The Balaban J connectivity index is 2.06. The molecule has 2 rings (SSSR count). The van der Waals surface area contributed by atoms with Crippen LogP contribution in [0.5, 0.6) is 5.75 Å². The van der Waals surface area contributed by atoms with Crippen molar-refractivity contribution in [2.24, 2.45) is 0 Å². The van der Waals surface area contributed by atoms with Gasteiger partial charge in [0.25, 0.3) is 0 Å². The van der Waals surface area contributed by atoms with Crippen molar-refractivity contribution in [1.29, 1.82) is 0 Å². The molecule has 0 unspecified atom stereocenters. The third-order valence-electron chi connectivity index (χ3n) is 2.34. The molecule has 0 aliphatic carbocycles. The van der Waals surface area contributed by atoms with E-state index in [0.29, 0.717) is 12.4 Å². The fraction of sp³-hybridized carbons (Fsp3) is 0.250. The molecule has 0 spiro atoms. The largest absolute Gasteiger partial charge is 0.494 e. The lowest BCUT2D eigenvalue weighted by Crippen LogP contribution is -2.23. The van der Waals surface area contributed by atoms with Gasteiger partial charge in [0.05, 0.1) is 18.0 Å². The van der Waals surface area contributed by atoms with E-state index in [9.17, 15) is 8.42 Å². The lowest BCUT2D eigenvalue weighted by Gasteiger charge is -2.07. The van der Waals surface area contributed by atoms with Crippen LogP contribution in [0.25, 0.3) is 0 Å². The van der Waals surface area contributed by atoms with E-state index in [2.05, 4.69) is 9.71 Å². The van der Waals surface area contributed by atoms with Crippen molar-refractivity contribution >= 4 is 21.4 Å². The molecule has 1 N–H and O–H groups in total. The van der Waals surface area contributed by atoms with E-state index in [1.54, 1.807) is 23.7 Å². The molecule has 1 aromatic heterocycles. The van der Waals surface area contributed by atoms with Crippen molar-refractivity contribution in [1.82, 2.24) is 9.71 Å². The number of nitrogens with zero attached hydrogens (tertiary/aromatic N) is 1. The Morgan fingerprint density at radius 2 is 2.05 bits per heavy atom. The van der Waals surface area contributed by atoms with Gasteiger partial charge in [0, 0.05) is 11.6 Å². The van der Waals surface area contributed by atoms with Crippen LogP contribution in [0.15, 0.2) is 40.7 Å². The van der Waals surface area contributed by atoms with Crippen LogP contribution in [0.1, 0.15) is 11.9 Å². The fourth-order valence-corrected chi connectivity index (χ4v) is 3.10. The van der Waals surface area contributed by atoms with Crippen molar-refractivity contribution in [3.63, 3.8) is 0 Å². The Bertz CT molecular complexity index is 607. The van der Waals surface area contributed by atoms with Gasteiger partial charge in [0.1, 0.15) is 10.8 Å². The van der Waals surface area contributed by atoms with E-state index >= 15 is 0 Å². The van der Waals surface area contributed by atoms with Gasteiger partial charge in [0.2, 0.25) is 10.0 Å². The van der Waals surface area contributed by atoms with Crippen LogP contribution in [-0.2, 0) is 16.6 Å². The Kier molecular flexibility index (Phi) is 4.52. The molecule has 1 heterocycles. The number of hydrogen-bond donors (Lipinski definition) is 1. The Morgan fingerprint density at radius 3 is 2.63 bits per heavy atom. The highest BCUT2D eigenvalue weighted by Gasteiger charge is 2.14. The van der Waals surface area contributed by atoms with E-state index in [4.69, 9.17) is 4.74 Å². The van der Waals surface area contributed by atoms with Gasteiger partial charge in [-0.2, -0.15) is 0 Å². The second-order valence-corrected chi connectivity index (χ2v) is 6.40. The normalized spacial score (nSPS) is 11.4. The van der Waals surface area contributed by atoms with Gasteiger partial charge in [-0.1, -0.05) is 0 Å². The summed E-state index contributed by atoms with van der Waals surface area (Å²) in [6.07, 6.45) is 1.64. The molecule has 102 valence electrons. The number of ether oxygens (including phenoxy) is 1. The molecule has 0 amide bonds. The van der Waals surface area contributed by atoms with Crippen LogP contribution in [0, 0.1) is 0 Å². The molecule has 5 nitrogen and oxygen atoms in total. The summed E-state index contributed by atoms with van der Waals surface area (Å²) >= 11 is 1.41. The van der Waals surface area contributed by atoms with Crippen LogP contribution in [-0.4, -0.2) is 20.0 Å². The predicted molar refractivity (Wildman–Crippen MR) is 73.8 cm³/mol. The number of rotatable bonds is 6. The van der Waals surface area contributed by atoms with Gasteiger partial charge >= 0.3 is 0 Å². The van der Waals surface area contributed by atoms with Gasteiger partial charge in [-0.25, -0.2) is 18.1 Å². The van der Waals surface area contributed by atoms with Gasteiger partial charge in [0.15, 0.2) is 0 Å². The zero-order valence-electron chi connectivity index (χ0n) is 10.4. The molecule has 0 aliphatic rings. The minimum absolute atomic E-state index is 0.202. The molecule has 0 bridgehead atoms. The highest BCUT2D eigenvalue weighted by atomic mass is 32.2. The van der Waals surface area contributed by atoms with E-state index in [1.807, 2.05) is 6.92 Å². The summed E-state index contributed by atoms with van der Waals surface area (Å²) in [4.78, 5) is 4.24. The van der Waals surface area contributed by atoms with E-state index in [0.717, 1.165) is 5.01 Å². The van der Waals surface area contributed by atoms with Gasteiger partial charge in [-0.05, 0) is 31.2 Å². The minimum atomic E-state index is -3.51. The fourth-order valence-electron chi connectivity index (χ4n) is 1.46. The molecule has 7 heteroatoms. The molecule has 19 heavy (non-hydrogen) atoms. The van der Waals surface area contributed by atoms with Gasteiger partial charge in [-0.3, -0.25) is 0 Å². The highest BCUT2D eigenvalue weighted by molar-refractivity contribution is 7.89. The Labute approximate surface area is 116 Å². The first kappa shape index (κ1) is 14.0. The first-order chi connectivity index (χ1) is 9.12. The topological polar surface area (TPSA) is 68.3 Å². The molecular weight excluding hydrogens is 284 g/mol. The van der Waals surface area contributed by atoms with E-state index in [-0.39, 0.29) is 11.4 Å². The van der Waals surface area contributed by atoms with Crippen LogP contribution >= 0.6 is 11.3 Å². The number of sulfonamides is 1. The summed E-state index contributed by atoms with van der Waals surface area (Å²) < 4.78 is 31.8. The second-order valence-electron chi connectivity index (χ2n) is 3.65. The third kappa shape index (κ3) is 3.76. The molecular formula is C12H14N2O3S2. The van der Waals surface area contributed by atoms with Crippen molar-refractivity contribution in [2.75, 3.05) is 6.61 Å². The second kappa shape index (κ2) is 6.14. The Morgan fingerprint density at radius 1 is 1.32 bits per heavy atom. The van der Waals surface area contributed by atoms with Crippen molar-refractivity contribution < 1.29 is 13.2 Å². The van der Waals surface area contributed by atoms with Crippen LogP contribution in [0.4, 0.5) is 0 Å². The van der Waals surface area contributed by atoms with Crippen molar-refractivity contribution in [3.8, 4) is 5.75 Å². The monoisotopic (exact) mass is 298 g/mol. The summed E-state index contributed by atoms with van der Waals surface area (Å²) in [5.41, 5.74) is 0. The maximum absolute atomic E-state index is 12.0. The number of aromatic nitrogens is 1. The standard InChI is InChI=1S/C12H14N2O3S2/c1-2-17-10-3-5-11(6-4-10)19(15,16)14-9-12-13-7-8-18-12/h3-8,14H,2,9H2,1H3. The summed E-state index contributed by atoms with van der Waals surface area (Å²) in [5, 5.41) is 2.54. The maximum Gasteiger partial charge on any atom is 0.240 e. The Hall–Kier alpha value is -1.44. The molecule has 1 aromatic carbocycles. The van der Waals surface area contributed by atoms with Crippen molar-refractivity contribution in [2.45, 2.75) is 18.4 Å². The highest BCUT2D eigenvalue weighted by Crippen LogP contribution is 2.16. The number of thiazole rings is 1. The lowest BCUT2D eigenvalue weighted by molar-refractivity contribution is 0.340.